The van der Waals surface area contributed by atoms with Crippen molar-refractivity contribution in [1.29, 1.82) is 0 Å². The van der Waals surface area contributed by atoms with Crippen LogP contribution in [0.4, 0.5) is 0 Å². The number of carbonyl (C=O) groups excluding carboxylic acids is 3. The highest BCUT2D eigenvalue weighted by atomic mass is 16.5. The van der Waals surface area contributed by atoms with E-state index in [0.29, 0.717) is 19.4 Å². The largest absolute Gasteiger partial charge is 0.469 e. The molecule has 0 aliphatic heterocycles. The van der Waals surface area contributed by atoms with Crippen LogP contribution < -0.4 is 0 Å². The van der Waals surface area contributed by atoms with Crippen molar-refractivity contribution in [3.8, 4) is 0 Å². The minimum absolute atomic E-state index is 0.146. The Morgan fingerprint density at radius 3 is 2.74 bits per heavy atom. The Bertz CT molecular complexity index is 403. The van der Waals surface area contributed by atoms with Gasteiger partial charge in [0.05, 0.1) is 19.1 Å². The van der Waals surface area contributed by atoms with Gasteiger partial charge in [0.25, 0.3) is 0 Å². The van der Waals surface area contributed by atoms with Crippen LogP contribution in [-0.2, 0) is 23.9 Å². The van der Waals surface area contributed by atoms with Crippen molar-refractivity contribution >= 4 is 17.7 Å². The molecule has 0 amide bonds. The maximum atomic E-state index is 12.0. The number of fused-ring (bicyclic) bond motifs is 2. The summed E-state index contributed by atoms with van der Waals surface area (Å²) < 4.78 is 9.95. The summed E-state index contributed by atoms with van der Waals surface area (Å²) in [6, 6.07) is 0. The minimum Gasteiger partial charge on any atom is -0.469 e. The summed E-state index contributed by atoms with van der Waals surface area (Å²) in [4.78, 5) is 34.7. The molecule has 2 aliphatic rings. The van der Waals surface area contributed by atoms with Crippen molar-refractivity contribution in [1.82, 2.24) is 0 Å². The number of methoxy groups -OCH3 is 1. The molecule has 2 aliphatic carbocycles. The maximum Gasteiger partial charge on any atom is 0.312 e. The molecular formula is C14H20O5. The van der Waals surface area contributed by atoms with Gasteiger partial charge in [-0.2, -0.15) is 0 Å². The van der Waals surface area contributed by atoms with Crippen LogP contribution in [0.2, 0.25) is 0 Å². The summed E-state index contributed by atoms with van der Waals surface area (Å²) in [5.41, 5.74) is -0.683. The van der Waals surface area contributed by atoms with Gasteiger partial charge in [-0.05, 0) is 31.1 Å². The molecule has 2 saturated carbocycles. The third kappa shape index (κ3) is 2.96. The normalized spacial score (nSPS) is 33.7. The van der Waals surface area contributed by atoms with Crippen molar-refractivity contribution in [2.75, 3.05) is 13.7 Å². The van der Waals surface area contributed by atoms with Crippen LogP contribution in [0.5, 0.6) is 0 Å². The standard InChI is InChI=1S/C14H20O5/c1-9(15)19-8-11-3-10-4-12(16)7-14(5-10,6-11)13(17)18-2/h10-11H,3-8H2,1-2H3. The quantitative estimate of drug-likeness (QED) is 0.725. The second-order valence-electron chi connectivity index (χ2n) is 5.87. The first-order chi connectivity index (χ1) is 8.95. The molecule has 0 aromatic carbocycles. The van der Waals surface area contributed by atoms with Gasteiger partial charge in [-0.25, -0.2) is 0 Å². The van der Waals surface area contributed by atoms with Crippen molar-refractivity contribution in [2.24, 2.45) is 17.3 Å². The van der Waals surface area contributed by atoms with E-state index in [9.17, 15) is 14.4 Å². The number of esters is 2. The van der Waals surface area contributed by atoms with Crippen molar-refractivity contribution in [3.63, 3.8) is 0 Å². The van der Waals surface area contributed by atoms with Crippen molar-refractivity contribution in [3.05, 3.63) is 0 Å². The first kappa shape index (κ1) is 14.0. The van der Waals surface area contributed by atoms with Gasteiger partial charge in [-0.15, -0.1) is 0 Å². The topological polar surface area (TPSA) is 69.7 Å². The fraction of sp³-hybridized carbons (Fsp3) is 0.786. The monoisotopic (exact) mass is 268 g/mol. The summed E-state index contributed by atoms with van der Waals surface area (Å²) in [5.74, 6) is -0.0888. The third-order valence-corrected chi connectivity index (χ3v) is 4.22. The van der Waals surface area contributed by atoms with E-state index in [0.717, 1.165) is 12.8 Å². The SMILES string of the molecule is COC(=O)C12CC(=O)CC(CC(COC(C)=O)C1)C2. The number of rotatable bonds is 3. The molecule has 3 atom stereocenters. The van der Waals surface area contributed by atoms with Crippen LogP contribution in [-0.4, -0.2) is 31.4 Å². The molecule has 5 heteroatoms. The second-order valence-corrected chi connectivity index (χ2v) is 5.87. The highest BCUT2D eigenvalue weighted by molar-refractivity contribution is 5.88. The van der Waals surface area contributed by atoms with E-state index >= 15 is 0 Å². The first-order valence-electron chi connectivity index (χ1n) is 6.68. The van der Waals surface area contributed by atoms with E-state index in [2.05, 4.69) is 0 Å². The maximum absolute atomic E-state index is 12.0. The highest BCUT2D eigenvalue weighted by Crippen LogP contribution is 2.50. The lowest BCUT2D eigenvalue weighted by Gasteiger charge is -2.45. The Hall–Kier alpha value is -1.39. The molecule has 0 aromatic heterocycles. The second kappa shape index (κ2) is 5.31. The van der Waals surface area contributed by atoms with Gasteiger partial charge in [0.2, 0.25) is 0 Å². The number of hydrogen-bond acceptors (Lipinski definition) is 5. The van der Waals surface area contributed by atoms with E-state index in [1.54, 1.807) is 0 Å². The molecule has 106 valence electrons. The molecule has 2 bridgehead atoms. The van der Waals surface area contributed by atoms with Crippen LogP contribution in [0.1, 0.15) is 39.0 Å². The van der Waals surface area contributed by atoms with E-state index in [4.69, 9.17) is 9.47 Å². The molecule has 5 nitrogen and oxygen atoms in total. The van der Waals surface area contributed by atoms with E-state index in [1.807, 2.05) is 0 Å². The highest BCUT2D eigenvalue weighted by Gasteiger charge is 2.51. The molecule has 0 aromatic rings. The summed E-state index contributed by atoms with van der Waals surface area (Å²) in [7, 11) is 1.36. The summed E-state index contributed by atoms with van der Waals surface area (Å²) in [6.07, 6.45) is 2.96. The van der Waals surface area contributed by atoms with Crippen molar-refractivity contribution in [2.45, 2.75) is 39.0 Å². The number of hydrogen-bond donors (Lipinski definition) is 0. The van der Waals surface area contributed by atoms with Crippen LogP contribution in [0, 0.1) is 17.3 Å². The Morgan fingerprint density at radius 2 is 2.11 bits per heavy atom. The predicted octanol–water partition coefficient (Wildman–Crippen LogP) is 1.49. The smallest absolute Gasteiger partial charge is 0.312 e. The Labute approximate surface area is 112 Å². The van der Waals surface area contributed by atoms with Gasteiger partial charge in [0.1, 0.15) is 5.78 Å². The molecular weight excluding hydrogens is 248 g/mol. The zero-order chi connectivity index (χ0) is 14.0. The molecule has 2 fully saturated rings. The Kier molecular flexibility index (Phi) is 3.92. The fourth-order valence-electron chi connectivity index (χ4n) is 3.72. The van der Waals surface area contributed by atoms with E-state index in [1.165, 1.54) is 14.0 Å². The first-order valence-corrected chi connectivity index (χ1v) is 6.68. The number of ketones is 1. The molecule has 0 saturated heterocycles. The average molecular weight is 268 g/mol. The lowest BCUT2D eigenvalue weighted by Crippen LogP contribution is -2.47. The average Bonchev–Trinajstić information content (AvgIpc) is 2.33. The molecule has 0 spiro atoms. The van der Waals surface area contributed by atoms with E-state index < -0.39 is 5.41 Å². The van der Waals surface area contributed by atoms with Gasteiger partial charge in [0.15, 0.2) is 0 Å². The molecule has 2 rings (SSSR count). The fourth-order valence-corrected chi connectivity index (χ4v) is 3.72. The summed E-state index contributed by atoms with van der Waals surface area (Å²) in [6.45, 7) is 1.71. The van der Waals surface area contributed by atoms with Gasteiger partial charge in [-0.1, -0.05) is 0 Å². The summed E-state index contributed by atoms with van der Waals surface area (Å²) >= 11 is 0. The summed E-state index contributed by atoms with van der Waals surface area (Å²) in [5, 5.41) is 0. The van der Waals surface area contributed by atoms with Gasteiger partial charge in [-0.3, -0.25) is 14.4 Å². The zero-order valence-electron chi connectivity index (χ0n) is 11.4. The Morgan fingerprint density at radius 1 is 1.37 bits per heavy atom. The van der Waals surface area contributed by atoms with Crippen molar-refractivity contribution < 1.29 is 23.9 Å². The van der Waals surface area contributed by atoms with Gasteiger partial charge >= 0.3 is 11.9 Å². The molecule has 0 N–H and O–H groups in total. The van der Waals surface area contributed by atoms with Crippen LogP contribution in [0.3, 0.4) is 0 Å². The molecule has 0 heterocycles. The lowest BCUT2D eigenvalue weighted by molar-refractivity contribution is -0.165. The van der Waals surface area contributed by atoms with Crippen LogP contribution in [0.25, 0.3) is 0 Å². The predicted molar refractivity (Wildman–Crippen MR) is 66.2 cm³/mol. The zero-order valence-corrected chi connectivity index (χ0v) is 11.4. The lowest BCUT2D eigenvalue weighted by atomic mass is 9.58. The number of ether oxygens (including phenoxy) is 2. The van der Waals surface area contributed by atoms with E-state index in [-0.39, 0.29) is 36.0 Å². The molecule has 0 radical (unpaired) electrons. The minimum atomic E-state index is -0.683. The van der Waals surface area contributed by atoms with Gasteiger partial charge in [0, 0.05) is 19.8 Å². The molecule has 19 heavy (non-hydrogen) atoms. The molecule has 3 unspecified atom stereocenters. The number of carbonyl (C=O) groups is 3. The third-order valence-electron chi connectivity index (χ3n) is 4.22. The Balaban J connectivity index is 2.12. The van der Waals surface area contributed by atoms with Crippen LogP contribution in [0.15, 0.2) is 0 Å². The van der Waals surface area contributed by atoms with Gasteiger partial charge < -0.3 is 9.47 Å². The number of Topliss-reactive ketones (excluding diaryl/α,β-unsaturated/α-hetero) is 1. The van der Waals surface area contributed by atoms with Crippen LogP contribution >= 0.6 is 0 Å².